The van der Waals surface area contributed by atoms with Gasteiger partial charge in [-0.05, 0) is 24.3 Å². The first-order valence-electron chi connectivity index (χ1n) is 5.75. The molecule has 0 bridgehead atoms. The number of rotatable bonds is 2. The summed E-state index contributed by atoms with van der Waals surface area (Å²) in [5.41, 5.74) is -0.0671. The van der Waals surface area contributed by atoms with Crippen LogP contribution in [-0.2, 0) is 4.79 Å². The van der Waals surface area contributed by atoms with Crippen LogP contribution >= 0.6 is 0 Å². The zero-order valence-electron chi connectivity index (χ0n) is 10.8. The van der Waals surface area contributed by atoms with Crippen LogP contribution in [0.15, 0.2) is 54.6 Å². The van der Waals surface area contributed by atoms with E-state index in [2.05, 4.69) is 0 Å². The minimum Gasteiger partial charge on any atom is -0.507 e. The molecule has 5 nitrogen and oxygen atoms in total. The molecule has 0 amide bonds. The van der Waals surface area contributed by atoms with Gasteiger partial charge in [0.05, 0.1) is 0 Å². The normalized spacial score (nSPS) is 9.05. The van der Waals surface area contributed by atoms with Crippen LogP contribution in [0.3, 0.4) is 0 Å². The van der Waals surface area contributed by atoms with Gasteiger partial charge in [-0.15, -0.1) is 0 Å². The molecule has 2 aromatic carbocycles. The van der Waals surface area contributed by atoms with E-state index in [-0.39, 0.29) is 17.3 Å². The molecule has 0 fully saturated rings. The molecule has 2 rings (SSSR count). The lowest BCUT2D eigenvalue weighted by atomic mass is 10.2. The topological polar surface area (TPSA) is 83.8 Å². The molecule has 0 aromatic heterocycles. The Morgan fingerprint density at radius 1 is 0.950 bits per heavy atom. The highest BCUT2D eigenvalue weighted by Crippen LogP contribution is 2.14. The van der Waals surface area contributed by atoms with Gasteiger partial charge in [0.25, 0.3) is 0 Å². The van der Waals surface area contributed by atoms with Gasteiger partial charge in [-0.1, -0.05) is 30.3 Å². The second-order valence-electron chi connectivity index (χ2n) is 3.73. The van der Waals surface area contributed by atoms with Crippen molar-refractivity contribution in [1.29, 1.82) is 0 Å². The van der Waals surface area contributed by atoms with Crippen molar-refractivity contribution in [3.05, 3.63) is 60.2 Å². The van der Waals surface area contributed by atoms with E-state index in [0.29, 0.717) is 5.75 Å². The van der Waals surface area contributed by atoms with E-state index >= 15 is 0 Å². The van der Waals surface area contributed by atoms with Gasteiger partial charge in [-0.3, -0.25) is 4.79 Å². The number of hydrogen-bond acceptors (Lipinski definition) is 4. The maximum absolute atomic E-state index is 10.4. The lowest BCUT2D eigenvalue weighted by molar-refractivity contribution is -0.131. The van der Waals surface area contributed by atoms with Gasteiger partial charge in [0.15, 0.2) is 0 Å². The van der Waals surface area contributed by atoms with E-state index in [4.69, 9.17) is 14.9 Å². The molecule has 0 saturated heterocycles. The Morgan fingerprint density at radius 3 is 1.95 bits per heavy atom. The van der Waals surface area contributed by atoms with Crippen LogP contribution in [0.25, 0.3) is 0 Å². The van der Waals surface area contributed by atoms with E-state index < -0.39 is 5.97 Å². The summed E-state index contributed by atoms with van der Waals surface area (Å²) < 4.78 is 4.78. The highest BCUT2D eigenvalue weighted by atomic mass is 16.5. The number of carbonyl (C=O) groups excluding carboxylic acids is 1. The van der Waals surface area contributed by atoms with Gasteiger partial charge in [0.2, 0.25) is 0 Å². The Morgan fingerprint density at radius 2 is 1.50 bits per heavy atom. The average Bonchev–Trinajstić information content (AvgIpc) is 2.40. The molecule has 0 unspecified atom stereocenters. The Labute approximate surface area is 116 Å². The van der Waals surface area contributed by atoms with Crippen molar-refractivity contribution in [2.24, 2.45) is 0 Å². The van der Waals surface area contributed by atoms with E-state index in [9.17, 15) is 9.59 Å². The highest BCUT2D eigenvalue weighted by Gasteiger charge is 2.05. The summed E-state index contributed by atoms with van der Waals surface area (Å²) in [6, 6.07) is 14.8. The number of aromatic carboxylic acids is 1. The largest absolute Gasteiger partial charge is 0.507 e. The van der Waals surface area contributed by atoms with Crippen molar-refractivity contribution in [3.8, 4) is 11.5 Å². The lowest BCUT2D eigenvalue weighted by Gasteiger charge is -1.97. The van der Waals surface area contributed by atoms with E-state index in [1.807, 2.05) is 18.2 Å². The smallest absolute Gasteiger partial charge is 0.339 e. The van der Waals surface area contributed by atoms with Crippen LogP contribution in [0.4, 0.5) is 0 Å². The highest BCUT2D eigenvalue weighted by molar-refractivity contribution is 5.90. The first-order valence-corrected chi connectivity index (χ1v) is 5.75. The summed E-state index contributed by atoms with van der Waals surface area (Å²) in [4.78, 5) is 20.7. The summed E-state index contributed by atoms with van der Waals surface area (Å²) in [5, 5.41) is 17.3. The number of carboxylic acids is 1. The fraction of sp³-hybridized carbons (Fsp3) is 0.0667. The number of phenols is 1. The second-order valence-corrected chi connectivity index (χ2v) is 3.73. The minimum atomic E-state index is -1.11. The third kappa shape index (κ3) is 5.22. The molecule has 0 atom stereocenters. The van der Waals surface area contributed by atoms with Gasteiger partial charge in [0.1, 0.15) is 17.1 Å². The Kier molecular flexibility index (Phi) is 5.77. The van der Waals surface area contributed by atoms with Gasteiger partial charge >= 0.3 is 11.9 Å². The van der Waals surface area contributed by atoms with Crippen LogP contribution in [0, 0.1) is 0 Å². The maximum Gasteiger partial charge on any atom is 0.339 e. The minimum absolute atomic E-state index is 0.0671. The van der Waals surface area contributed by atoms with Crippen LogP contribution < -0.4 is 4.74 Å². The number of ether oxygens (including phenoxy) is 1. The van der Waals surface area contributed by atoms with Crippen molar-refractivity contribution in [2.45, 2.75) is 6.92 Å². The summed E-state index contributed by atoms with van der Waals surface area (Å²) in [6.07, 6.45) is 0. The van der Waals surface area contributed by atoms with Crippen molar-refractivity contribution in [3.63, 3.8) is 0 Å². The number of hydrogen-bond donors (Lipinski definition) is 2. The summed E-state index contributed by atoms with van der Waals surface area (Å²) in [6.45, 7) is 1.38. The molecule has 104 valence electrons. The van der Waals surface area contributed by atoms with Crippen molar-refractivity contribution in [2.75, 3.05) is 0 Å². The van der Waals surface area contributed by atoms with Crippen LogP contribution in [0.2, 0.25) is 0 Å². The van der Waals surface area contributed by atoms with Gasteiger partial charge < -0.3 is 14.9 Å². The quantitative estimate of drug-likeness (QED) is 0.649. The number of carboxylic acid groups (broad SMARTS) is 1. The molecule has 0 heterocycles. The Hall–Kier alpha value is -2.82. The number of para-hydroxylation sites is 2. The molecule has 2 N–H and O–H groups in total. The molecule has 0 aliphatic carbocycles. The Balaban J connectivity index is 0.000000200. The average molecular weight is 274 g/mol. The fourth-order valence-corrected chi connectivity index (χ4v) is 1.31. The molecule has 20 heavy (non-hydrogen) atoms. The molecule has 0 aliphatic heterocycles. The molecule has 5 heteroatoms. The van der Waals surface area contributed by atoms with E-state index in [0.717, 1.165) is 0 Å². The molecular weight excluding hydrogens is 260 g/mol. The van der Waals surface area contributed by atoms with Crippen molar-refractivity contribution >= 4 is 11.9 Å². The molecule has 0 radical (unpaired) electrons. The first kappa shape index (κ1) is 15.2. The monoisotopic (exact) mass is 274 g/mol. The van der Waals surface area contributed by atoms with Crippen LogP contribution in [0.1, 0.15) is 17.3 Å². The van der Waals surface area contributed by atoms with E-state index in [1.54, 1.807) is 24.3 Å². The predicted octanol–water partition coefficient (Wildman–Crippen LogP) is 2.70. The summed E-state index contributed by atoms with van der Waals surface area (Å²) in [7, 11) is 0. The number of aromatic hydroxyl groups is 1. The van der Waals surface area contributed by atoms with Gasteiger partial charge in [-0.2, -0.15) is 0 Å². The van der Waals surface area contributed by atoms with Crippen LogP contribution in [-0.4, -0.2) is 22.2 Å². The van der Waals surface area contributed by atoms with Crippen molar-refractivity contribution in [1.82, 2.24) is 0 Å². The molecule has 2 aromatic rings. The SMILES string of the molecule is CC(=O)Oc1ccccc1.O=C(O)c1ccccc1O. The van der Waals surface area contributed by atoms with Crippen LogP contribution in [0.5, 0.6) is 11.5 Å². The fourth-order valence-electron chi connectivity index (χ4n) is 1.31. The van der Waals surface area contributed by atoms with Gasteiger partial charge in [0, 0.05) is 6.92 Å². The van der Waals surface area contributed by atoms with Gasteiger partial charge in [-0.25, -0.2) is 4.79 Å². The lowest BCUT2D eigenvalue weighted by Crippen LogP contribution is -2.00. The summed E-state index contributed by atoms with van der Waals surface area (Å²) in [5.74, 6) is -1.01. The molecule has 0 aliphatic rings. The predicted molar refractivity (Wildman–Crippen MR) is 72.8 cm³/mol. The maximum atomic E-state index is 10.4. The third-order valence-corrected chi connectivity index (χ3v) is 2.14. The standard InChI is InChI=1S/C8H8O2.C7H6O3/c1-7(9)10-8-5-3-2-4-6-8;8-6-4-2-1-3-5(6)7(9)10/h2-6H,1H3;1-4,8H,(H,9,10). The first-order chi connectivity index (χ1) is 9.50. The zero-order chi connectivity index (χ0) is 15.0. The zero-order valence-corrected chi connectivity index (χ0v) is 10.8. The summed E-state index contributed by atoms with van der Waals surface area (Å²) >= 11 is 0. The molecule has 0 saturated carbocycles. The number of benzene rings is 2. The Bertz CT molecular complexity index is 578. The number of esters is 1. The molecular formula is C15H14O5. The third-order valence-electron chi connectivity index (χ3n) is 2.14. The van der Waals surface area contributed by atoms with Crippen molar-refractivity contribution < 1.29 is 24.5 Å². The van der Waals surface area contributed by atoms with E-state index in [1.165, 1.54) is 19.1 Å². The second kappa shape index (κ2) is 7.58. The number of carbonyl (C=O) groups is 2. The molecule has 0 spiro atoms.